The first-order chi connectivity index (χ1) is 32.2. The normalized spacial score (nSPS) is 12.4. The van der Waals surface area contributed by atoms with Gasteiger partial charge in [0, 0.05) is 16.7 Å². The Morgan fingerprint density at radius 3 is 1.28 bits per heavy atom. The van der Waals surface area contributed by atoms with E-state index < -0.39 is 5.41 Å². The fraction of sp³-hybridized carbons (Fsp3) is 0.0159. The molecule has 0 bridgehead atoms. The minimum absolute atomic E-state index is 0.476. The summed E-state index contributed by atoms with van der Waals surface area (Å²) in [7, 11) is 0. The zero-order valence-corrected chi connectivity index (χ0v) is 35.6. The lowest BCUT2D eigenvalue weighted by molar-refractivity contribution is 0.769. The second kappa shape index (κ2) is 16.0. The van der Waals surface area contributed by atoms with Crippen molar-refractivity contribution in [2.24, 2.45) is 0 Å². The van der Waals surface area contributed by atoms with Crippen LogP contribution in [0.1, 0.15) is 22.3 Å². The van der Waals surface area contributed by atoms with Crippen LogP contribution in [0.4, 0.5) is 0 Å². The number of rotatable bonds is 8. The number of hydrogen-bond acceptors (Lipinski definition) is 2. The van der Waals surface area contributed by atoms with E-state index in [0.717, 1.165) is 39.0 Å². The van der Waals surface area contributed by atoms with Crippen molar-refractivity contribution in [1.82, 2.24) is 9.97 Å². The van der Waals surface area contributed by atoms with Crippen LogP contribution in [0.25, 0.3) is 89.2 Å². The van der Waals surface area contributed by atoms with Gasteiger partial charge in [0.05, 0.1) is 16.8 Å². The molecular weight excluding hydrogens is 785 g/mol. The average Bonchev–Trinajstić information content (AvgIpc) is 3.69. The summed E-state index contributed by atoms with van der Waals surface area (Å²) in [5, 5.41) is 2.32. The molecule has 2 heteroatoms. The molecule has 0 radical (unpaired) electrons. The van der Waals surface area contributed by atoms with Crippen LogP contribution in [-0.2, 0) is 5.41 Å². The summed E-state index contributed by atoms with van der Waals surface area (Å²) in [4.78, 5) is 10.5. The molecule has 1 aromatic heterocycles. The van der Waals surface area contributed by atoms with E-state index in [1.54, 1.807) is 0 Å². The number of hydrogen-bond donors (Lipinski definition) is 0. The van der Waals surface area contributed by atoms with Gasteiger partial charge in [-0.1, -0.05) is 243 Å². The molecule has 2 nitrogen and oxygen atoms in total. The molecule has 0 N–H and O–H groups in total. The van der Waals surface area contributed by atoms with Crippen molar-refractivity contribution in [2.45, 2.75) is 5.41 Å². The predicted octanol–water partition coefficient (Wildman–Crippen LogP) is 16.0. The van der Waals surface area contributed by atoms with E-state index >= 15 is 0 Å². The number of fused-ring (bicyclic) bond motifs is 4. The van der Waals surface area contributed by atoms with E-state index in [9.17, 15) is 0 Å². The van der Waals surface area contributed by atoms with Gasteiger partial charge < -0.3 is 0 Å². The van der Waals surface area contributed by atoms with Crippen molar-refractivity contribution >= 4 is 10.8 Å². The smallest absolute Gasteiger partial charge is 0.160 e. The minimum atomic E-state index is -0.476. The molecule has 0 aliphatic heterocycles. The topological polar surface area (TPSA) is 25.8 Å². The minimum Gasteiger partial charge on any atom is -0.228 e. The van der Waals surface area contributed by atoms with Gasteiger partial charge in [0.15, 0.2) is 5.82 Å². The Hall–Kier alpha value is -8.46. The first-order valence-corrected chi connectivity index (χ1v) is 22.3. The van der Waals surface area contributed by atoms with Crippen LogP contribution in [0.2, 0.25) is 0 Å². The van der Waals surface area contributed by atoms with Crippen molar-refractivity contribution in [3.05, 3.63) is 277 Å². The van der Waals surface area contributed by atoms with E-state index in [0.29, 0.717) is 5.82 Å². The fourth-order valence-electron chi connectivity index (χ4n) is 10.2. The summed E-state index contributed by atoms with van der Waals surface area (Å²) >= 11 is 0. The number of aromatic nitrogens is 2. The lowest BCUT2D eigenvalue weighted by Crippen LogP contribution is -2.28. The molecule has 0 atom stereocenters. The lowest BCUT2D eigenvalue weighted by atomic mass is 9.67. The van der Waals surface area contributed by atoms with Crippen molar-refractivity contribution < 1.29 is 0 Å². The first kappa shape index (κ1) is 38.2. The van der Waals surface area contributed by atoms with Gasteiger partial charge in [-0.25, -0.2) is 9.97 Å². The maximum Gasteiger partial charge on any atom is 0.160 e. The Labute approximate surface area is 379 Å². The van der Waals surface area contributed by atoms with Gasteiger partial charge in [-0.2, -0.15) is 0 Å². The second-order valence-corrected chi connectivity index (χ2v) is 16.8. The third kappa shape index (κ3) is 6.58. The van der Waals surface area contributed by atoms with Crippen LogP contribution in [0.15, 0.2) is 255 Å². The molecule has 11 aromatic rings. The van der Waals surface area contributed by atoms with Gasteiger partial charge in [-0.15, -0.1) is 0 Å². The monoisotopic (exact) mass is 826 g/mol. The molecule has 12 rings (SSSR count). The Bertz CT molecular complexity index is 3450. The quantitative estimate of drug-likeness (QED) is 0.152. The van der Waals surface area contributed by atoms with Gasteiger partial charge in [0.25, 0.3) is 0 Å². The molecule has 0 saturated heterocycles. The van der Waals surface area contributed by atoms with Gasteiger partial charge in [0.2, 0.25) is 0 Å². The first-order valence-electron chi connectivity index (χ1n) is 22.3. The number of nitrogens with zero attached hydrogens (tertiary/aromatic N) is 2. The SMILES string of the molecule is c1ccc(-c2ccc(-c3ccc(-c4cc(-c5ccc(-c6ccc7c(c6)C(c6ccccc6)(c6ccccc6)c6ccccc6-7)c6ccccc56)nc(-c5ccccc5)n4)cc3)cc2)cc1. The highest BCUT2D eigenvalue weighted by molar-refractivity contribution is 6.05. The highest BCUT2D eigenvalue weighted by Crippen LogP contribution is 2.57. The van der Waals surface area contributed by atoms with Crippen molar-refractivity contribution in [3.63, 3.8) is 0 Å². The third-order valence-electron chi connectivity index (χ3n) is 13.2. The van der Waals surface area contributed by atoms with Crippen LogP contribution >= 0.6 is 0 Å². The molecule has 304 valence electrons. The molecular formula is C63H42N2. The molecule has 0 amide bonds. The molecule has 0 fully saturated rings. The maximum atomic E-state index is 5.30. The second-order valence-electron chi connectivity index (χ2n) is 16.8. The number of benzene rings is 10. The lowest BCUT2D eigenvalue weighted by Gasteiger charge is -2.34. The van der Waals surface area contributed by atoms with Crippen molar-refractivity contribution in [3.8, 4) is 78.4 Å². The van der Waals surface area contributed by atoms with Gasteiger partial charge >= 0.3 is 0 Å². The van der Waals surface area contributed by atoms with Gasteiger partial charge in [-0.3, -0.25) is 0 Å². The fourth-order valence-corrected chi connectivity index (χ4v) is 10.2. The standard InChI is InChI=1S/C63H42N2/c1-5-17-43(18-6-1)44-29-31-45(32-30-44)46-33-35-47(36-34-46)60-42-61(65-62(64-60)48-19-7-2-8-20-48)57-40-39-52(53-25-13-14-26-54(53)57)49-37-38-56-55-27-15-16-28-58(55)63(59(56)41-49,50-21-9-3-10-22-50)51-23-11-4-12-24-51/h1-42H. The maximum absolute atomic E-state index is 5.30. The van der Waals surface area contributed by atoms with Gasteiger partial charge in [0.1, 0.15) is 0 Å². The molecule has 65 heavy (non-hydrogen) atoms. The summed E-state index contributed by atoms with van der Waals surface area (Å²) in [5.74, 6) is 0.697. The summed E-state index contributed by atoms with van der Waals surface area (Å²) < 4.78 is 0. The largest absolute Gasteiger partial charge is 0.228 e. The van der Waals surface area contributed by atoms with Crippen LogP contribution in [0.5, 0.6) is 0 Å². The Morgan fingerprint density at radius 1 is 0.246 bits per heavy atom. The van der Waals surface area contributed by atoms with Crippen LogP contribution in [-0.4, -0.2) is 9.97 Å². The van der Waals surface area contributed by atoms with Crippen LogP contribution < -0.4 is 0 Å². The zero-order valence-electron chi connectivity index (χ0n) is 35.6. The highest BCUT2D eigenvalue weighted by atomic mass is 14.9. The highest BCUT2D eigenvalue weighted by Gasteiger charge is 2.46. The van der Waals surface area contributed by atoms with Crippen LogP contribution in [0.3, 0.4) is 0 Å². The van der Waals surface area contributed by atoms with Crippen molar-refractivity contribution in [2.75, 3.05) is 0 Å². The Morgan fingerprint density at radius 2 is 0.662 bits per heavy atom. The van der Waals surface area contributed by atoms with Crippen LogP contribution in [0, 0.1) is 0 Å². The van der Waals surface area contributed by atoms with Crippen molar-refractivity contribution in [1.29, 1.82) is 0 Å². The predicted molar refractivity (Wildman–Crippen MR) is 269 cm³/mol. The van der Waals surface area contributed by atoms with E-state index in [-0.39, 0.29) is 0 Å². The third-order valence-corrected chi connectivity index (χ3v) is 13.2. The van der Waals surface area contributed by atoms with E-state index in [2.05, 4.69) is 237 Å². The molecule has 0 unspecified atom stereocenters. The molecule has 10 aromatic carbocycles. The van der Waals surface area contributed by atoms with Gasteiger partial charge in [-0.05, 0) is 89.7 Å². The van der Waals surface area contributed by atoms with E-state index in [1.807, 2.05) is 18.2 Å². The summed E-state index contributed by atoms with van der Waals surface area (Å²) in [5.41, 5.74) is 19.2. The summed E-state index contributed by atoms with van der Waals surface area (Å²) in [6.07, 6.45) is 0. The molecule has 0 saturated carbocycles. The summed E-state index contributed by atoms with van der Waals surface area (Å²) in [6.45, 7) is 0. The zero-order chi connectivity index (χ0) is 43.2. The molecule has 1 heterocycles. The molecule has 1 aliphatic carbocycles. The van der Waals surface area contributed by atoms with E-state index in [4.69, 9.17) is 9.97 Å². The average molecular weight is 827 g/mol. The summed E-state index contributed by atoms with van der Waals surface area (Å²) in [6, 6.07) is 91.9. The Kier molecular flexibility index (Phi) is 9.43. The van der Waals surface area contributed by atoms with E-state index in [1.165, 1.54) is 66.6 Å². The molecule has 0 spiro atoms. The Balaban J connectivity index is 0.972. The molecule has 1 aliphatic rings.